The van der Waals surface area contributed by atoms with Crippen LogP contribution in [-0.2, 0) is 6.18 Å². The van der Waals surface area contributed by atoms with Crippen LogP contribution in [0.2, 0.25) is 0 Å². The normalized spacial score (nSPS) is 15.0. The Labute approximate surface area is 154 Å². The number of phenols is 1. The topological polar surface area (TPSA) is 53.0 Å². The molecule has 1 amide bonds. The molecule has 3 rings (SSSR count). The molecular weight excluding hydrogens is 361 g/mol. The zero-order valence-electron chi connectivity index (χ0n) is 14.7. The molecule has 8 heteroatoms. The zero-order valence-corrected chi connectivity index (χ0v) is 14.7. The monoisotopic (exact) mass is 380 g/mol. The number of hydrogen-bond acceptors (Lipinski definition) is 4. The second-order valence-electron chi connectivity index (χ2n) is 6.21. The van der Waals surface area contributed by atoms with Crippen LogP contribution in [0.15, 0.2) is 42.5 Å². The average molecular weight is 380 g/mol. The van der Waals surface area contributed by atoms with Crippen LogP contribution >= 0.6 is 0 Å². The number of methoxy groups -OCH3 is 1. The van der Waals surface area contributed by atoms with Crippen LogP contribution < -0.4 is 9.64 Å². The molecule has 0 unspecified atom stereocenters. The van der Waals surface area contributed by atoms with E-state index in [1.807, 2.05) is 4.90 Å². The molecule has 1 fully saturated rings. The maximum Gasteiger partial charge on any atom is 0.416 e. The third-order valence-electron chi connectivity index (χ3n) is 4.54. The van der Waals surface area contributed by atoms with Crippen molar-refractivity contribution < 1.29 is 27.8 Å². The van der Waals surface area contributed by atoms with E-state index in [4.69, 9.17) is 4.74 Å². The maximum atomic E-state index is 12.9. The number of ether oxygens (including phenoxy) is 1. The summed E-state index contributed by atoms with van der Waals surface area (Å²) in [4.78, 5) is 16.0. The molecule has 27 heavy (non-hydrogen) atoms. The lowest BCUT2D eigenvalue weighted by molar-refractivity contribution is -0.137. The SMILES string of the molecule is COc1ccc(O)c(C(=O)N2CCN(c3cccc(C(F)(F)F)c3)CC2)c1. The molecule has 1 aliphatic heterocycles. The fourth-order valence-electron chi connectivity index (χ4n) is 3.03. The van der Waals surface area contributed by atoms with E-state index in [0.717, 1.165) is 12.1 Å². The van der Waals surface area contributed by atoms with Crippen molar-refractivity contribution >= 4 is 11.6 Å². The summed E-state index contributed by atoms with van der Waals surface area (Å²) in [7, 11) is 1.47. The summed E-state index contributed by atoms with van der Waals surface area (Å²) in [5, 5.41) is 9.95. The second-order valence-corrected chi connectivity index (χ2v) is 6.21. The molecule has 2 aromatic rings. The molecule has 0 aromatic heterocycles. The van der Waals surface area contributed by atoms with Crippen LogP contribution in [0.4, 0.5) is 18.9 Å². The van der Waals surface area contributed by atoms with Crippen LogP contribution in [0.5, 0.6) is 11.5 Å². The van der Waals surface area contributed by atoms with Gasteiger partial charge in [-0.25, -0.2) is 0 Å². The minimum atomic E-state index is -4.39. The van der Waals surface area contributed by atoms with Gasteiger partial charge in [0.25, 0.3) is 5.91 Å². The molecular formula is C19H19F3N2O3. The number of alkyl halides is 3. The summed E-state index contributed by atoms with van der Waals surface area (Å²) >= 11 is 0. The Morgan fingerprint density at radius 3 is 2.41 bits per heavy atom. The quantitative estimate of drug-likeness (QED) is 0.887. The van der Waals surface area contributed by atoms with Gasteiger partial charge in [0.1, 0.15) is 11.5 Å². The number of benzene rings is 2. The number of nitrogens with zero attached hydrogens (tertiary/aromatic N) is 2. The van der Waals surface area contributed by atoms with Crippen molar-refractivity contribution in [1.82, 2.24) is 4.90 Å². The van der Waals surface area contributed by atoms with E-state index in [2.05, 4.69) is 0 Å². The van der Waals surface area contributed by atoms with Crippen molar-refractivity contribution in [2.75, 3.05) is 38.2 Å². The Hall–Kier alpha value is -2.90. The average Bonchev–Trinajstić information content (AvgIpc) is 2.67. The first-order valence-electron chi connectivity index (χ1n) is 8.38. The summed E-state index contributed by atoms with van der Waals surface area (Å²) in [5.41, 5.74) is -0.0807. The van der Waals surface area contributed by atoms with Gasteiger partial charge in [0.05, 0.1) is 18.2 Å². The lowest BCUT2D eigenvalue weighted by Crippen LogP contribution is -2.48. The molecule has 1 heterocycles. The van der Waals surface area contributed by atoms with E-state index >= 15 is 0 Å². The van der Waals surface area contributed by atoms with Gasteiger partial charge in [0.2, 0.25) is 0 Å². The van der Waals surface area contributed by atoms with E-state index in [0.29, 0.717) is 37.6 Å². The highest BCUT2D eigenvalue weighted by Gasteiger charge is 2.31. The van der Waals surface area contributed by atoms with E-state index in [9.17, 15) is 23.1 Å². The Morgan fingerprint density at radius 2 is 1.78 bits per heavy atom. The van der Waals surface area contributed by atoms with Crippen LogP contribution in [0.25, 0.3) is 0 Å². The van der Waals surface area contributed by atoms with Gasteiger partial charge in [-0.05, 0) is 36.4 Å². The summed E-state index contributed by atoms with van der Waals surface area (Å²) in [5.74, 6) is -0.0186. The van der Waals surface area contributed by atoms with Crippen LogP contribution in [0.1, 0.15) is 15.9 Å². The number of rotatable bonds is 3. The first kappa shape index (κ1) is 18.9. The lowest BCUT2D eigenvalue weighted by atomic mass is 10.1. The van der Waals surface area contributed by atoms with Gasteiger partial charge in [-0.3, -0.25) is 4.79 Å². The smallest absolute Gasteiger partial charge is 0.416 e. The Morgan fingerprint density at radius 1 is 1.07 bits per heavy atom. The molecule has 2 aromatic carbocycles. The molecule has 144 valence electrons. The standard InChI is InChI=1S/C19H19F3N2O3/c1-27-15-5-6-17(25)16(12-15)18(26)24-9-7-23(8-10-24)14-4-2-3-13(11-14)19(20,21)22/h2-6,11-12,25H,7-10H2,1H3. The van der Waals surface area contributed by atoms with Gasteiger partial charge in [-0.15, -0.1) is 0 Å². The molecule has 0 saturated carbocycles. The van der Waals surface area contributed by atoms with Crippen molar-refractivity contribution in [3.63, 3.8) is 0 Å². The van der Waals surface area contributed by atoms with Gasteiger partial charge in [-0.2, -0.15) is 13.2 Å². The minimum Gasteiger partial charge on any atom is -0.507 e. The number of carbonyl (C=O) groups is 1. The predicted molar refractivity (Wildman–Crippen MR) is 94.2 cm³/mol. The summed E-state index contributed by atoms with van der Waals surface area (Å²) in [6, 6.07) is 9.57. The molecule has 0 aliphatic carbocycles. The summed E-state index contributed by atoms with van der Waals surface area (Å²) in [6.45, 7) is 1.48. The summed E-state index contributed by atoms with van der Waals surface area (Å²) < 4.78 is 43.7. The highest BCUT2D eigenvalue weighted by molar-refractivity contribution is 5.97. The van der Waals surface area contributed by atoms with Crippen molar-refractivity contribution in [1.29, 1.82) is 0 Å². The number of phenolic OH excluding ortho intramolecular Hbond substituents is 1. The highest BCUT2D eigenvalue weighted by Crippen LogP contribution is 2.32. The van der Waals surface area contributed by atoms with Crippen LogP contribution in [0.3, 0.4) is 0 Å². The number of hydrogen-bond donors (Lipinski definition) is 1. The largest absolute Gasteiger partial charge is 0.507 e. The Bertz CT molecular complexity index is 831. The molecule has 1 aliphatic rings. The number of anilines is 1. The predicted octanol–water partition coefficient (Wildman–Crippen LogP) is 3.38. The van der Waals surface area contributed by atoms with Gasteiger partial charge in [-0.1, -0.05) is 6.07 Å². The fourth-order valence-corrected chi connectivity index (χ4v) is 3.03. The van der Waals surface area contributed by atoms with E-state index in [-0.39, 0.29) is 17.2 Å². The third-order valence-corrected chi connectivity index (χ3v) is 4.54. The maximum absolute atomic E-state index is 12.9. The van der Waals surface area contributed by atoms with Gasteiger partial charge in [0, 0.05) is 31.9 Å². The van der Waals surface area contributed by atoms with Crippen molar-refractivity contribution in [2.24, 2.45) is 0 Å². The second kappa shape index (κ2) is 7.38. The van der Waals surface area contributed by atoms with Crippen LogP contribution in [0, 0.1) is 0 Å². The van der Waals surface area contributed by atoms with E-state index < -0.39 is 11.7 Å². The number of amides is 1. The van der Waals surface area contributed by atoms with Crippen molar-refractivity contribution in [2.45, 2.75) is 6.18 Å². The summed E-state index contributed by atoms with van der Waals surface area (Å²) in [6.07, 6.45) is -4.39. The first-order chi connectivity index (χ1) is 12.8. The molecule has 0 spiro atoms. The molecule has 0 radical (unpaired) electrons. The zero-order chi connectivity index (χ0) is 19.6. The number of carbonyl (C=O) groups excluding carboxylic acids is 1. The number of aromatic hydroxyl groups is 1. The van der Waals surface area contributed by atoms with Gasteiger partial charge in [0.15, 0.2) is 0 Å². The third kappa shape index (κ3) is 4.10. The van der Waals surface area contributed by atoms with Crippen molar-refractivity contribution in [3.05, 3.63) is 53.6 Å². The van der Waals surface area contributed by atoms with Crippen LogP contribution in [-0.4, -0.2) is 49.2 Å². The minimum absolute atomic E-state index is 0.138. The Balaban J connectivity index is 1.70. The van der Waals surface area contributed by atoms with Gasteiger partial charge >= 0.3 is 6.18 Å². The number of halogens is 3. The molecule has 1 N–H and O–H groups in total. The molecule has 0 bridgehead atoms. The van der Waals surface area contributed by atoms with Gasteiger partial charge < -0.3 is 19.6 Å². The first-order valence-corrected chi connectivity index (χ1v) is 8.38. The molecule has 0 atom stereocenters. The molecule has 5 nitrogen and oxygen atoms in total. The lowest BCUT2D eigenvalue weighted by Gasteiger charge is -2.36. The van der Waals surface area contributed by atoms with E-state index in [1.54, 1.807) is 17.0 Å². The molecule has 1 saturated heterocycles. The Kier molecular flexibility index (Phi) is 5.16. The van der Waals surface area contributed by atoms with Crippen molar-refractivity contribution in [3.8, 4) is 11.5 Å². The van der Waals surface area contributed by atoms with E-state index in [1.165, 1.54) is 25.3 Å². The number of piperazine rings is 1. The fraction of sp³-hybridized carbons (Fsp3) is 0.316. The highest BCUT2D eigenvalue weighted by atomic mass is 19.4.